The predicted molar refractivity (Wildman–Crippen MR) is 243 cm³/mol. The van der Waals surface area contributed by atoms with Gasteiger partial charge in [-0.25, -0.2) is 0 Å². The summed E-state index contributed by atoms with van der Waals surface area (Å²) in [6, 6.07) is 51.0. The van der Waals surface area contributed by atoms with E-state index >= 15 is 0 Å². The number of rotatable bonds is 14. The number of anilines is 1. The number of nitrogens with zero attached hydrogens (tertiary/aromatic N) is 1. The molecule has 2 radical (unpaired) electrons. The van der Waals surface area contributed by atoms with E-state index in [4.69, 9.17) is 0 Å². The first-order valence-corrected chi connectivity index (χ1v) is 25.6. The Labute approximate surface area is 342 Å². The van der Waals surface area contributed by atoms with E-state index < -0.39 is 23.9 Å². The van der Waals surface area contributed by atoms with Crippen molar-refractivity contribution in [2.75, 3.05) is 3.52 Å². The molecule has 1 nitrogen and oxygen atoms in total. The number of benzene rings is 5. The molecule has 0 spiro atoms. The molecule has 0 saturated carbocycles. The van der Waals surface area contributed by atoms with E-state index in [-0.39, 0.29) is 11.8 Å². The van der Waals surface area contributed by atoms with Gasteiger partial charge in [-0.3, -0.25) is 0 Å². The molecule has 0 heterocycles. The van der Waals surface area contributed by atoms with Crippen molar-refractivity contribution in [3.63, 3.8) is 0 Å². The molecule has 5 aromatic carbocycles. The van der Waals surface area contributed by atoms with Gasteiger partial charge in [0.25, 0.3) is 0 Å². The van der Waals surface area contributed by atoms with Gasteiger partial charge in [0.05, 0.1) is 0 Å². The number of allylic oxidation sites excluding steroid dienone is 2. The Morgan fingerprint density at radius 2 is 0.909 bits per heavy atom. The van der Waals surface area contributed by atoms with Crippen molar-refractivity contribution in [3.05, 3.63) is 185 Å². The molecule has 0 saturated heterocycles. The zero-order valence-electron chi connectivity index (χ0n) is 34.9. The fraction of sp³-hybridized carbons (Fsp3) is 0.385. The van der Waals surface area contributed by atoms with Crippen molar-refractivity contribution in [2.24, 2.45) is 0 Å². The van der Waals surface area contributed by atoms with Crippen LogP contribution in [-0.4, -0.2) is 23.9 Å². The molecular weight excluding hydrogens is 739 g/mol. The van der Waals surface area contributed by atoms with Crippen molar-refractivity contribution in [3.8, 4) is 0 Å². The molecule has 0 amide bonds. The van der Waals surface area contributed by atoms with Gasteiger partial charge >= 0.3 is 344 Å². The SMILES string of the molecule is CC(C)c1cc(C(c2ccccc2)c2ccccc2)c([N]([Ge][C@H]2/C=C\CCCCC2)[Si](C(C)C)(C(C)C)C(C)C)c(C(c2ccccc2)c2ccccc2)c1. The van der Waals surface area contributed by atoms with Gasteiger partial charge in [-0.15, -0.1) is 0 Å². The molecule has 0 N–H and O–H groups in total. The Hall–Kier alpha value is -3.60. The second-order valence-corrected chi connectivity index (χ2v) is 26.9. The molecule has 3 heteroatoms. The molecule has 1 aliphatic carbocycles. The first kappa shape index (κ1) is 41.0. The van der Waals surface area contributed by atoms with Crippen LogP contribution in [0.1, 0.15) is 144 Å². The normalized spacial score (nSPS) is 15.9. The van der Waals surface area contributed by atoms with Gasteiger partial charge in [-0.2, -0.15) is 0 Å². The Balaban J connectivity index is 1.83. The summed E-state index contributed by atoms with van der Waals surface area (Å²) >= 11 is -0.649. The van der Waals surface area contributed by atoms with Crippen LogP contribution >= 0.6 is 0 Å². The van der Waals surface area contributed by atoms with Crippen LogP contribution in [0, 0.1) is 0 Å². The Morgan fingerprint density at radius 3 is 1.27 bits per heavy atom. The van der Waals surface area contributed by atoms with E-state index in [1.165, 1.54) is 71.0 Å². The van der Waals surface area contributed by atoms with Gasteiger partial charge in [0.2, 0.25) is 0 Å². The molecule has 55 heavy (non-hydrogen) atoms. The van der Waals surface area contributed by atoms with E-state index in [0.717, 1.165) is 0 Å². The van der Waals surface area contributed by atoms with Crippen LogP contribution in [0.15, 0.2) is 146 Å². The van der Waals surface area contributed by atoms with Gasteiger partial charge < -0.3 is 0 Å². The van der Waals surface area contributed by atoms with Gasteiger partial charge in [0.1, 0.15) is 0 Å². The molecule has 0 aliphatic heterocycles. The third-order valence-electron chi connectivity index (χ3n) is 12.4. The molecule has 1 atom stereocenters. The van der Waals surface area contributed by atoms with Crippen LogP contribution in [0.25, 0.3) is 0 Å². The molecule has 5 aromatic rings. The standard InChI is InChI=1S/C52H65GeNSi/c1-38(2)46-36-48(50(42-26-16-12-17-27-42)43-28-18-13-19-29-43)52(49(37-46)51(44-30-20-14-21-31-44)45-32-22-15-23-33-45)54(53-47-34-24-10-9-11-25-35-47)55(39(3)4,40(5)6)41(7)8/h12-24,26-34,36-41,47,50-51H,9-11,25,35H2,1-8H3/b34-24-/t47-/m0/s1. The summed E-state index contributed by atoms with van der Waals surface area (Å²) in [6.45, 7) is 20.3. The van der Waals surface area contributed by atoms with Crippen LogP contribution in [0.2, 0.25) is 21.4 Å². The van der Waals surface area contributed by atoms with Crippen LogP contribution in [-0.2, 0) is 0 Å². The van der Waals surface area contributed by atoms with Crippen molar-refractivity contribution in [1.29, 1.82) is 0 Å². The van der Waals surface area contributed by atoms with Crippen molar-refractivity contribution >= 4 is 29.6 Å². The van der Waals surface area contributed by atoms with Crippen molar-refractivity contribution in [1.82, 2.24) is 0 Å². The van der Waals surface area contributed by atoms with Crippen LogP contribution in [0.4, 0.5) is 5.69 Å². The summed E-state index contributed by atoms with van der Waals surface area (Å²) in [5.41, 5.74) is 13.2. The topological polar surface area (TPSA) is 3.24 Å². The van der Waals surface area contributed by atoms with E-state index in [1.54, 1.807) is 5.69 Å². The Bertz CT molecular complexity index is 1730. The molecule has 6 rings (SSSR count). The third-order valence-corrected chi connectivity index (χ3v) is 24.8. The molecule has 0 fully saturated rings. The summed E-state index contributed by atoms with van der Waals surface area (Å²) in [5, 5.41) is 0. The summed E-state index contributed by atoms with van der Waals surface area (Å²) in [5.74, 6) is 0.579. The third kappa shape index (κ3) is 9.02. The summed E-state index contributed by atoms with van der Waals surface area (Å²) in [7, 11) is -2.26. The quantitative estimate of drug-likeness (QED) is 0.0614. The fourth-order valence-electron chi connectivity index (χ4n) is 10.00. The zero-order valence-corrected chi connectivity index (χ0v) is 38.0. The van der Waals surface area contributed by atoms with Gasteiger partial charge in [-0.05, 0) is 0 Å². The van der Waals surface area contributed by atoms with E-state index in [9.17, 15) is 0 Å². The average Bonchev–Trinajstić information content (AvgIpc) is 3.17. The Kier molecular flexibility index (Phi) is 14.2. The summed E-state index contributed by atoms with van der Waals surface area (Å²) in [4.78, 5) is 0. The molecular formula is C52H65GeNSi. The minimum absolute atomic E-state index is 0.0993. The van der Waals surface area contributed by atoms with Gasteiger partial charge in [0, 0.05) is 0 Å². The Morgan fingerprint density at radius 1 is 0.509 bits per heavy atom. The maximum absolute atomic E-state index is 3.29. The number of hydrogen-bond acceptors (Lipinski definition) is 1. The minimum atomic E-state index is -2.26. The predicted octanol–water partition coefficient (Wildman–Crippen LogP) is 15.1. The molecule has 1 aliphatic rings. The van der Waals surface area contributed by atoms with Crippen LogP contribution < -0.4 is 3.52 Å². The first-order chi connectivity index (χ1) is 26.6. The second kappa shape index (κ2) is 19.0. The molecule has 286 valence electrons. The summed E-state index contributed by atoms with van der Waals surface area (Å²) < 4.78 is 3.92. The monoisotopic (exact) mass is 805 g/mol. The second-order valence-electron chi connectivity index (χ2n) is 17.2. The fourth-order valence-corrected chi connectivity index (χ4v) is 26.2. The summed E-state index contributed by atoms with van der Waals surface area (Å²) in [6.07, 6.45) is 11.8. The van der Waals surface area contributed by atoms with E-state index in [2.05, 4.69) is 205 Å². The van der Waals surface area contributed by atoms with Crippen molar-refractivity contribution in [2.45, 2.75) is 127 Å². The van der Waals surface area contributed by atoms with Crippen LogP contribution in [0.5, 0.6) is 0 Å². The number of hydrogen-bond donors (Lipinski definition) is 0. The van der Waals surface area contributed by atoms with Crippen LogP contribution in [0.3, 0.4) is 0 Å². The molecule has 0 bridgehead atoms. The zero-order chi connectivity index (χ0) is 39.0. The maximum atomic E-state index is 3.29. The van der Waals surface area contributed by atoms with E-state index in [0.29, 0.717) is 27.3 Å². The van der Waals surface area contributed by atoms with Crippen molar-refractivity contribution < 1.29 is 0 Å². The van der Waals surface area contributed by atoms with E-state index in [1.807, 2.05) is 0 Å². The first-order valence-electron chi connectivity index (χ1n) is 21.2. The van der Waals surface area contributed by atoms with Gasteiger partial charge in [0.15, 0.2) is 0 Å². The van der Waals surface area contributed by atoms with Gasteiger partial charge in [-0.1, -0.05) is 0 Å². The average molecular weight is 805 g/mol. The molecule has 0 aromatic heterocycles. The molecule has 0 unspecified atom stereocenters.